The molecule has 3 rings (SSSR count). The van der Waals surface area contributed by atoms with Crippen molar-refractivity contribution in [3.8, 4) is 17.2 Å². The van der Waals surface area contributed by atoms with E-state index in [4.69, 9.17) is 9.15 Å². The summed E-state index contributed by atoms with van der Waals surface area (Å²) in [4.78, 5) is 4.24. The Morgan fingerprint density at radius 3 is 2.38 bits per heavy atom. The lowest BCUT2D eigenvalue weighted by atomic mass is 10.2. The molecule has 5 nitrogen and oxygen atoms in total. The Balaban J connectivity index is 1.81. The van der Waals surface area contributed by atoms with Gasteiger partial charge in [-0.05, 0) is 48.5 Å². The average Bonchev–Trinajstić information content (AvgIpc) is 3.03. The second-order valence-electron chi connectivity index (χ2n) is 5.09. The number of sulfone groups is 1. The Kier molecular flexibility index (Phi) is 4.35. The van der Waals surface area contributed by atoms with Crippen LogP contribution in [0.3, 0.4) is 0 Å². The van der Waals surface area contributed by atoms with Crippen LogP contribution < -0.4 is 4.74 Å². The molecule has 0 unspecified atom stereocenters. The Bertz CT molecular complexity index is 931. The summed E-state index contributed by atoms with van der Waals surface area (Å²) in [5.74, 6) is 0.210. The molecule has 0 fully saturated rings. The van der Waals surface area contributed by atoms with Crippen molar-refractivity contribution in [3.05, 3.63) is 66.3 Å². The lowest BCUT2D eigenvalue weighted by molar-refractivity contribution is 0.415. The topological polar surface area (TPSA) is 69.4 Å². The van der Waals surface area contributed by atoms with Crippen LogP contribution in [0.1, 0.15) is 5.69 Å². The minimum atomic E-state index is -3.62. The molecule has 0 radical (unpaired) electrons. The van der Waals surface area contributed by atoms with Gasteiger partial charge in [0.25, 0.3) is 0 Å². The zero-order valence-corrected chi connectivity index (χ0v) is 13.6. The van der Waals surface area contributed by atoms with Crippen LogP contribution in [-0.4, -0.2) is 20.5 Å². The van der Waals surface area contributed by atoms with Gasteiger partial charge in [0.1, 0.15) is 23.6 Å². The minimum Gasteiger partial charge on any atom is -0.497 e. The van der Waals surface area contributed by atoms with Crippen LogP contribution in [0.4, 0.5) is 4.39 Å². The summed E-state index contributed by atoms with van der Waals surface area (Å²) < 4.78 is 48.0. The van der Waals surface area contributed by atoms with Gasteiger partial charge < -0.3 is 9.15 Å². The molecule has 0 atom stereocenters. The van der Waals surface area contributed by atoms with Gasteiger partial charge in [0, 0.05) is 5.56 Å². The van der Waals surface area contributed by atoms with Crippen molar-refractivity contribution in [3.63, 3.8) is 0 Å². The summed E-state index contributed by atoms with van der Waals surface area (Å²) in [5.41, 5.74) is 0.992. The highest BCUT2D eigenvalue weighted by molar-refractivity contribution is 7.90. The maximum absolute atomic E-state index is 12.9. The number of ether oxygens (including phenoxy) is 1. The van der Waals surface area contributed by atoms with E-state index in [0.717, 1.165) is 12.1 Å². The van der Waals surface area contributed by atoms with Gasteiger partial charge in [-0.15, -0.1) is 0 Å². The van der Waals surface area contributed by atoms with E-state index in [2.05, 4.69) is 4.98 Å². The monoisotopic (exact) mass is 347 g/mol. The van der Waals surface area contributed by atoms with E-state index < -0.39 is 15.7 Å². The van der Waals surface area contributed by atoms with Crippen molar-refractivity contribution in [2.75, 3.05) is 7.11 Å². The summed E-state index contributed by atoms with van der Waals surface area (Å²) in [6, 6.07) is 11.7. The maximum Gasteiger partial charge on any atom is 0.226 e. The number of benzene rings is 2. The molecule has 2 aromatic carbocycles. The van der Waals surface area contributed by atoms with Crippen molar-refractivity contribution in [2.45, 2.75) is 10.6 Å². The SMILES string of the molecule is COc1ccc(-c2nc(CS(=O)(=O)c3ccc(F)cc3)co2)cc1. The zero-order chi connectivity index (χ0) is 17.2. The molecule has 0 saturated carbocycles. The third-order valence-electron chi connectivity index (χ3n) is 3.40. The number of methoxy groups -OCH3 is 1. The molecule has 1 aromatic heterocycles. The molecule has 0 amide bonds. The predicted octanol–water partition coefficient (Wildman–Crippen LogP) is 3.46. The van der Waals surface area contributed by atoms with E-state index in [-0.39, 0.29) is 16.3 Å². The molecule has 0 saturated heterocycles. The van der Waals surface area contributed by atoms with Crippen molar-refractivity contribution in [2.24, 2.45) is 0 Å². The fourth-order valence-electron chi connectivity index (χ4n) is 2.16. The number of oxazole rings is 1. The van der Waals surface area contributed by atoms with Crippen LogP contribution in [0.15, 0.2) is 64.1 Å². The number of aromatic nitrogens is 1. The van der Waals surface area contributed by atoms with Crippen molar-refractivity contribution in [1.29, 1.82) is 0 Å². The third-order valence-corrected chi connectivity index (χ3v) is 5.07. The van der Waals surface area contributed by atoms with Gasteiger partial charge in [-0.25, -0.2) is 17.8 Å². The molecule has 0 bridgehead atoms. The predicted molar refractivity (Wildman–Crippen MR) is 85.8 cm³/mol. The molecule has 7 heteroatoms. The number of hydrogen-bond donors (Lipinski definition) is 0. The fourth-order valence-corrected chi connectivity index (χ4v) is 3.40. The third kappa shape index (κ3) is 3.46. The second kappa shape index (κ2) is 6.45. The molecule has 0 aliphatic heterocycles. The summed E-state index contributed by atoms with van der Waals surface area (Å²) in [5, 5.41) is 0. The largest absolute Gasteiger partial charge is 0.497 e. The lowest BCUT2D eigenvalue weighted by Gasteiger charge is -2.02. The zero-order valence-electron chi connectivity index (χ0n) is 12.8. The first-order chi connectivity index (χ1) is 11.5. The van der Waals surface area contributed by atoms with Crippen LogP contribution in [0.5, 0.6) is 5.75 Å². The van der Waals surface area contributed by atoms with Crippen LogP contribution in [0.2, 0.25) is 0 Å². The maximum atomic E-state index is 12.9. The molecular weight excluding hydrogens is 333 g/mol. The van der Waals surface area contributed by atoms with Gasteiger partial charge in [0.05, 0.1) is 17.7 Å². The van der Waals surface area contributed by atoms with E-state index in [9.17, 15) is 12.8 Å². The van der Waals surface area contributed by atoms with Crippen LogP contribution in [-0.2, 0) is 15.6 Å². The molecule has 24 heavy (non-hydrogen) atoms. The Morgan fingerprint density at radius 2 is 1.75 bits per heavy atom. The Labute approximate surface area is 138 Å². The van der Waals surface area contributed by atoms with E-state index in [1.54, 1.807) is 31.4 Å². The van der Waals surface area contributed by atoms with Gasteiger partial charge in [-0.1, -0.05) is 0 Å². The van der Waals surface area contributed by atoms with E-state index in [1.807, 2.05) is 0 Å². The first-order valence-corrected chi connectivity index (χ1v) is 8.70. The van der Waals surface area contributed by atoms with Crippen molar-refractivity contribution >= 4 is 9.84 Å². The van der Waals surface area contributed by atoms with Crippen LogP contribution in [0.25, 0.3) is 11.5 Å². The molecule has 124 valence electrons. The quantitative estimate of drug-likeness (QED) is 0.661. The normalized spacial score (nSPS) is 11.4. The van der Waals surface area contributed by atoms with Gasteiger partial charge in [-0.2, -0.15) is 0 Å². The van der Waals surface area contributed by atoms with Gasteiger partial charge in [0.15, 0.2) is 9.84 Å². The number of hydrogen-bond acceptors (Lipinski definition) is 5. The van der Waals surface area contributed by atoms with Crippen molar-refractivity contribution in [1.82, 2.24) is 4.98 Å². The van der Waals surface area contributed by atoms with E-state index >= 15 is 0 Å². The summed E-state index contributed by atoms with van der Waals surface area (Å²) in [7, 11) is -2.05. The molecule has 0 spiro atoms. The average molecular weight is 347 g/mol. The standard InChI is InChI=1S/C17H14FNO4S/c1-22-15-6-2-12(3-7-15)17-19-14(10-23-17)11-24(20,21)16-8-4-13(18)5-9-16/h2-10H,11H2,1H3. The summed E-state index contributed by atoms with van der Waals surface area (Å²) in [6.45, 7) is 0. The molecule has 0 aliphatic carbocycles. The highest BCUT2D eigenvalue weighted by Gasteiger charge is 2.18. The summed E-state index contributed by atoms with van der Waals surface area (Å²) >= 11 is 0. The Morgan fingerprint density at radius 1 is 1.08 bits per heavy atom. The Hall–Kier alpha value is -2.67. The first kappa shape index (κ1) is 16.2. The fraction of sp³-hybridized carbons (Fsp3) is 0.118. The molecule has 0 N–H and O–H groups in total. The lowest BCUT2D eigenvalue weighted by Crippen LogP contribution is -2.05. The van der Waals surface area contributed by atoms with Crippen LogP contribution in [0, 0.1) is 5.82 Å². The second-order valence-corrected chi connectivity index (χ2v) is 7.08. The molecule has 3 aromatic rings. The number of halogens is 1. The van der Waals surface area contributed by atoms with Gasteiger partial charge in [-0.3, -0.25) is 0 Å². The van der Waals surface area contributed by atoms with Gasteiger partial charge >= 0.3 is 0 Å². The van der Waals surface area contributed by atoms with E-state index in [1.165, 1.54) is 18.4 Å². The highest BCUT2D eigenvalue weighted by Crippen LogP contribution is 2.23. The molecule has 0 aliphatic rings. The number of rotatable bonds is 5. The summed E-state index contributed by atoms with van der Waals surface area (Å²) in [6.07, 6.45) is 1.31. The number of nitrogens with zero attached hydrogens (tertiary/aromatic N) is 1. The molecular formula is C17H14FNO4S. The van der Waals surface area contributed by atoms with Crippen molar-refractivity contribution < 1.29 is 22.0 Å². The highest BCUT2D eigenvalue weighted by atomic mass is 32.2. The van der Waals surface area contributed by atoms with Gasteiger partial charge in [0.2, 0.25) is 5.89 Å². The van der Waals surface area contributed by atoms with E-state index in [0.29, 0.717) is 17.2 Å². The molecule has 1 heterocycles. The smallest absolute Gasteiger partial charge is 0.226 e. The van der Waals surface area contributed by atoms with Crippen LogP contribution >= 0.6 is 0 Å². The minimum absolute atomic E-state index is 0.0397. The first-order valence-electron chi connectivity index (χ1n) is 7.05.